The van der Waals surface area contributed by atoms with Crippen molar-refractivity contribution in [2.24, 2.45) is 17.6 Å². The Morgan fingerprint density at radius 2 is 2.12 bits per heavy atom. The van der Waals surface area contributed by atoms with Crippen LogP contribution in [0.4, 0.5) is 5.13 Å². The lowest BCUT2D eigenvalue weighted by Gasteiger charge is -2.12. The van der Waals surface area contributed by atoms with Crippen LogP contribution in [-0.4, -0.2) is 16.8 Å². The summed E-state index contributed by atoms with van der Waals surface area (Å²) < 4.78 is 0. The molecule has 0 aromatic carbocycles. The Balaban J connectivity index is 1.92. The molecule has 16 heavy (non-hydrogen) atoms. The molecule has 3 unspecified atom stereocenters. The molecule has 1 aromatic rings. The summed E-state index contributed by atoms with van der Waals surface area (Å²) in [6.45, 7) is 1.82. The highest BCUT2D eigenvalue weighted by Crippen LogP contribution is 2.48. The Labute approximate surface area is 96.3 Å². The number of carbonyl (C=O) groups is 2. The number of piperidine rings is 1. The fraction of sp³-hybridized carbons (Fsp3) is 0.500. The van der Waals surface area contributed by atoms with E-state index in [2.05, 4.69) is 4.98 Å². The number of anilines is 1. The van der Waals surface area contributed by atoms with E-state index < -0.39 is 0 Å². The average Bonchev–Trinajstić information content (AvgIpc) is 2.82. The fourth-order valence-electron chi connectivity index (χ4n) is 1.96. The van der Waals surface area contributed by atoms with Gasteiger partial charge in [-0.05, 0) is 13.3 Å². The first kappa shape index (κ1) is 9.92. The van der Waals surface area contributed by atoms with Crippen LogP contribution in [0.15, 0.2) is 5.38 Å². The van der Waals surface area contributed by atoms with Gasteiger partial charge in [0, 0.05) is 11.4 Å². The number of carbonyl (C=O) groups excluding carboxylic acids is 2. The number of nitrogens with two attached hydrogens (primary N) is 1. The summed E-state index contributed by atoms with van der Waals surface area (Å²) in [5, 5.41) is 2.26. The van der Waals surface area contributed by atoms with Crippen LogP contribution in [-0.2, 0) is 9.59 Å². The summed E-state index contributed by atoms with van der Waals surface area (Å²) in [5.74, 6) is -0.341. The smallest absolute Gasteiger partial charge is 0.239 e. The fourth-order valence-corrected chi connectivity index (χ4v) is 2.89. The van der Waals surface area contributed by atoms with Crippen LogP contribution in [0.3, 0.4) is 0 Å². The normalized spacial score (nSPS) is 29.5. The number of fused-ring (bicyclic) bond motifs is 1. The van der Waals surface area contributed by atoms with Gasteiger partial charge in [0.2, 0.25) is 11.8 Å². The van der Waals surface area contributed by atoms with Crippen molar-refractivity contribution in [3.63, 3.8) is 0 Å². The van der Waals surface area contributed by atoms with Gasteiger partial charge in [-0.1, -0.05) is 0 Å². The zero-order chi connectivity index (χ0) is 11.4. The number of nitrogens with zero attached hydrogens (tertiary/aromatic N) is 2. The second-order valence-electron chi connectivity index (χ2n) is 4.30. The van der Waals surface area contributed by atoms with Gasteiger partial charge in [-0.25, -0.2) is 9.88 Å². The predicted octanol–water partition coefficient (Wildman–Crippen LogP) is 0.672. The highest BCUT2D eigenvalue weighted by atomic mass is 32.1. The molecule has 2 heterocycles. The first-order valence-electron chi connectivity index (χ1n) is 5.18. The summed E-state index contributed by atoms with van der Waals surface area (Å²) >= 11 is 1.30. The van der Waals surface area contributed by atoms with E-state index in [0.29, 0.717) is 5.13 Å². The zero-order valence-corrected chi connectivity index (χ0v) is 9.53. The Hall–Kier alpha value is -1.27. The third-order valence-electron chi connectivity index (χ3n) is 3.03. The molecule has 1 aliphatic heterocycles. The minimum absolute atomic E-state index is 0.0739. The van der Waals surface area contributed by atoms with E-state index in [9.17, 15) is 9.59 Å². The van der Waals surface area contributed by atoms with E-state index in [0.717, 1.165) is 12.1 Å². The Morgan fingerprint density at radius 3 is 2.62 bits per heavy atom. The van der Waals surface area contributed by atoms with Gasteiger partial charge in [-0.3, -0.25) is 9.59 Å². The van der Waals surface area contributed by atoms with E-state index in [1.54, 1.807) is 5.38 Å². The van der Waals surface area contributed by atoms with E-state index in [4.69, 9.17) is 5.73 Å². The number of imide groups is 1. The molecule has 0 radical (unpaired) electrons. The average molecular weight is 237 g/mol. The van der Waals surface area contributed by atoms with Crippen LogP contribution in [0.5, 0.6) is 0 Å². The molecule has 1 aromatic heterocycles. The topological polar surface area (TPSA) is 76.3 Å². The van der Waals surface area contributed by atoms with Crippen LogP contribution >= 0.6 is 11.3 Å². The SMILES string of the molecule is CC(N)c1csc(N2C(=O)C3CC3C2=O)n1. The van der Waals surface area contributed by atoms with Gasteiger partial charge in [-0.2, -0.15) is 0 Å². The molecular weight excluding hydrogens is 226 g/mol. The van der Waals surface area contributed by atoms with Crippen molar-refractivity contribution >= 4 is 28.3 Å². The molecule has 1 aliphatic carbocycles. The van der Waals surface area contributed by atoms with Crippen molar-refractivity contribution in [1.29, 1.82) is 0 Å². The highest BCUT2D eigenvalue weighted by molar-refractivity contribution is 7.14. The molecule has 2 fully saturated rings. The predicted molar refractivity (Wildman–Crippen MR) is 58.8 cm³/mol. The molecule has 6 heteroatoms. The van der Waals surface area contributed by atoms with Crippen molar-refractivity contribution in [1.82, 2.24) is 4.98 Å². The highest BCUT2D eigenvalue weighted by Gasteiger charge is 2.59. The second-order valence-corrected chi connectivity index (χ2v) is 5.14. The number of amides is 2. The van der Waals surface area contributed by atoms with Crippen LogP contribution in [0.2, 0.25) is 0 Å². The van der Waals surface area contributed by atoms with Crippen molar-refractivity contribution in [2.75, 3.05) is 4.90 Å². The van der Waals surface area contributed by atoms with Crippen LogP contribution in [0.25, 0.3) is 0 Å². The standard InChI is InChI=1S/C10H11N3O2S/c1-4(11)7-3-16-10(12-7)13-8(14)5-2-6(5)9(13)15/h3-6H,2,11H2,1H3. The monoisotopic (exact) mass is 237 g/mol. The van der Waals surface area contributed by atoms with Gasteiger partial charge in [0.05, 0.1) is 17.5 Å². The molecule has 3 rings (SSSR count). The second kappa shape index (κ2) is 3.11. The van der Waals surface area contributed by atoms with E-state index in [-0.39, 0.29) is 29.7 Å². The summed E-state index contributed by atoms with van der Waals surface area (Å²) in [6.07, 6.45) is 0.722. The van der Waals surface area contributed by atoms with Gasteiger partial charge in [0.15, 0.2) is 5.13 Å². The summed E-state index contributed by atoms with van der Waals surface area (Å²) in [4.78, 5) is 29.0. The molecule has 2 amide bonds. The Bertz CT molecular complexity index is 462. The first-order chi connectivity index (χ1) is 7.59. The van der Waals surface area contributed by atoms with E-state index in [1.165, 1.54) is 16.2 Å². The van der Waals surface area contributed by atoms with E-state index in [1.807, 2.05) is 6.92 Å². The molecule has 3 atom stereocenters. The molecule has 1 saturated carbocycles. The Morgan fingerprint density at radius 1 is 1.50 bits per heavy atom. The minimum atomic E-state index is -0.174. The van der Waals surface area contributed by atoms with Crippen LogP contribution < -0.4 is 10.6 Å². The maximum absolute atomic E-state index is 11.8. The van der Waals surface area contributed by atoms with E-state index >= 15 is 0 Å². The van der Waals surface area contributed by atoms with Crippen molar-refractivity contribution in [2.45, 2.75) is 19.4 Å². The third-order valence-corrected chi connectivity index (χ3v) is 3.88. The first-order valence-corrected chi connectivity index (χ1v) is 6.06. The number of rotatable bonds is 2. The molecule has 84 valence electrons. The zero-order valence-electron chi connectivity index (χ0n) is 8.71. The number of thiazole rings is 1. The number of aromatic nitrogens is 1. The lowest BCUT2D eigenvalue weighted by Crippen LogP contribution is -2.32. The summed E-state index contributed by atoms with van der Waals surface area (Å²) in [5.41, 5.74) is 6.41. The maximum atomic E-state index is 11.8. The molecule has 2 aliphatic rings. The molecular formula is C10H11N3O2S. The minimum Gasteiger partial charge on any atom is -0.323 e. The summed E-state index contributed by atoms with van der Waals surface area (Å²) in [7, 11) is 0. The molecule has 1 saturated heterocycles. The molecule has 0 spiro atoms. The Kier molecular flexibility index (Phi) is 1.93. The third kappa shape index (κ3) is 1.23. The summed E-state index contributed by atoms with van der Waals surface area (Å²) in [6, 6.07) is -0.174. The number of hydrogen-bond acceptors (Lipinski definition) is 5. The lowest BCUT2D eigenvalue weighted by molar-refractivity contribution is -0.123. The largest absolute Gasteiger partial charge is 0.323 e. The molecule has 2 N–H and O–H groups in total. The van der Waals surface area contributed by atoms with Gasteiger partial charge < -0.3 is 5.73 Å². The van der Waals surface area contributed by atoms with Crippen molar-refractivity contribution in [3.8, 4) is 0 Å². The number of hydrogen-bond donors (Lipinski definition) is 1. The van der Waals surface area contributed by atoms with Crippen molar-refractivity contribution < 1.29 is 9.59 Å². The van der Waals surface area contributed by atoms with Crippen LogP contribution in [0.1, 0.15) is 25.1 Å². The van der Waals surface area contributed by atoms with Gasteiger partial charge >= 0.3 is 0 Å². The van der Waals surface area contributed by atoms with Crippen molar-refractivity contribution in [3.05, 3.63) is 11.1 Å². The quantitative estimate of drug-likeness (QED) is 0.767. The molecule has 5 nitrogen and oxygen atoms in total. The van der Waals surface area contributed by atoms with Crippen LogP contribution in [0, 0.1) is 11.8 Å². The lowest BCUT2D eigenvalue weighted by atomic mass is 10.3. The van der Waals surface area contributed by atoms with Gasteiger partial charge in [0.1, 0.15) is 0 Å². The molecule has 0 bridgehead atoms. The maximum Gasteiger partial charge on any atom is 0.239 e. The van der Waals surface area contributed by atoms with Gasteiger partial charge in [0.25, 0.3) is 0 Å². The van der Waals surface area contributed by atoms with Gasteiger partial charge in [-0.15, -0.1) is 11.3 Å².